The van der Waals surface area contributed by atoms with Gasteiger partial charge in [-0.1, -0.05) is 65.5 Å². The molecule has 1 aliphatic rings. The topological polar surface area (TPSA) is 0 Å². The maximum atomic E-state index is 2.49. The fourth-order valence-corrected chi connectivity index (χ4v) is 8.25. The zero-order valence-electron chi connectivity index (χ0n) is 13.4. The van der Waals surface area contributed by atoms with E-state index >= 15 is 0 Å². The molecule has 1 aliphatic carbocycles. The Morgan fingerprint density at radius 2 is 1.47 bits per heavy atom. The van der Waals surface area contributed by atoms with Crippen molar-refractivity contribution in [1.82, 2.24) is 0 Å². The monoisotopic (exact) mass is 274 g/mol. The van der Waals surface area contributed by atoms with Gasteiger partial charge in [-0.15, -0.1) is 0 Å². The Bertz CT molecular complexity index is 502. The normalized spacial score (nSPS) is 22.8. The van der Waals surface area contributed by atoms with Crippen LogP contribution in [0.2, 0.25) is 0 Å². The van der Waals surface area contributed by atoms with Gasteiger partial charge in [0.2, 0.25) is 0 Å². The molecule has 0 nitrogen and oxygen atoms in total. The standard InChI is InChI=1S/C18H27P/c1-12(2)19(13(3)4)18(7)15(6)14(5)16-10-8-9-11-17(16)18/h8-13H,1-7H3/t18-/m0/s1. The molecule has 0 bridgehead atoms. The highest BCUT2D eigenvalue weighted by atomic mass is 31.1. The summed E-state index contributed by atoms with van der Waals surface area (Å²) >= 11 is 0. The first-order valence-electron chi connectivity index (χ1n) is 7.38. The molecule has 1 aromatic carbocycles. The van der Waals surface area contributed by atoms with Crippen LogP contribution < -0.4 is 0 Å². The van der Waals surface area contributed by atoms with Crippen LogP contribution in [0.15, 0.2) is 29.8 Å². The molecule has 0 heterocycles. The van der Waals surface area contributed by atoms with Gasteiger partial charge in [-0.3, -0.25) is 0 Å². The molecule has 0 radical (unpaired) electrons. The predicted molar refractivity (Wildman–Crippen MR) is 89.3 cm³/mol. The lowest BCUT2D eigenvalue weighted by Crippen LogP contribution is -2.26. The average Bonchev–Trinajstić information content (AvgIpc) is 2.52. The van der Waals surface area contributed by atoms with Gasteiger partial charge in [0.25, 0.3) is 0 Å². The van der Waals surface area contributed by atoms with Crippen LogP contribution in [0.4, 0.5) is 0 Å². The lowest BCUT2D eigenvalue weighted by molar-refractivity contribution is 0.780. The van der Waals surface area contributed by atoms with Crippen LogP contribution >= 0.6 is 7.92 Å². The Hall–Kier alpha value is -0.610. The summed E-state index contributed by atoms with van der Waals surface area (Å²) in [5, 5.41) is 0.262. The molecule has 19 heavy (non-hydrogen) atoms. The second-order valence-electron chi connectivity index (χ2n) is 6.46. The Morgan fingerprint density at radius 1 is 0.947 bits per heavy atom. The molecule has 0 unspecified atom stereocenters. The molecule has 0 amide bonds. The molecular weight excluding hydrogens is 247 g/mol. The largest absolute Gasteiger partial charge is 0.0864 e. The van der Waals surface area contributed by atoms with E-state index in [-0.39, 0.29) is 13.1 Å². The summed E-state index contributed by atoms with van der Waals surface area (Å²) in [6.45, 7) is 16.8. The molecule has 1 aromatic rings. The van der Waals surface area contributed by atoms with Crippen molar-refractivity contribution >= 4 is 13.5 Å². The van der Waals surface area contributed by atoms with Gasteiger partial charge < -0.3 is 0 Å². The van der Waals surface area contributed by atoms with E-state index in [0.717, 1.165) is 11.3 Å². The lowest BCUT2D eigenvalue weighted by atomic mass is 9.97. The molecule has 1 heteroatoms. The minimum Gasteiger partial charge on any atom is -0.0864 e. The number of hydrogen-bond acceptors (Lipinski definition) is 0. The summed E-state index contributed by atoms with van der Waals surface area (Å²) < 4.78 is 0. The van der Waals surface area contributed by atoms with E-state index in [2.05, 4.69) is 72.7 Å². The summed E-state index contributed by atoms with van der Waals surface area (Å²) in [5.74, 6) is 0. The number of rotatable bonds is 3. The number of hydrogen-bond donors (Lipinski definition) is 0. The van der Waals surface area contributed by atoms with E-state index in [1.165, 1.54) is 11.1 Å². The summed E-state index contributed by atoms with van der Waals surface area (Å²) in [6, 6.07) is 9.04. The molecular formula is C18H27P. The van der Waals surface area contributed by atoms with Crippen LogP contribution in [0.25, 0.3) is 5.57 Å². The summed E-state index contributed by atoms with van der Waals surface area (Å²) in [5.41, 5.74) is 7.67. The van der Waals surface area contributed by atoms with E-state index in [9.17, 15) is 0 Å². The quantitative estimate of drug-likeness (QED) is 0.592. The average molecular weight is 274 g/mol. The van der Waals surface area contributed by atoms with Crippen molar-refractivity contribution in [2.75, 3.05) is 0 Å². The van der Waals surface area contributed by atoms with Gasteiger partial charge in [0.05, 0.1) is 0 Å². The van der Waals surface area contributed by atoms with Crippen LogP contribution in [-0.4, -0.2) is 11.3 Å². The minimum absolute atomic E-state index is 0.0723. The van der Waals surface area contributed by atoms with Crippen molar-refractivity contribution in [3.63, 3.8) is 0 Å². The molecule has 104 valence electrons. The van der Waals surface area contributed by atoms with Crippen molar-refractivity contribution in [3.05, 3.63) is 41.0 Å². The van der Waals surface area contributed by atoms with Gasteiger partial charge in [0, 0.05) is 5.16 Å². The molecule has 0 spiro atoms. The second kappa shape index (κ2) is 5.06. The van der Waals surface area contributed by atoms with Gasteiger partial charge >= 0.3 is 0 Å². The molecule has 2 rings (SSSR count). The first kappa shape index (κ1) is 14.8. The van der Waals surface area contributed by atoms with Crippen LogP contribution in [0, 0.1) is 0 Å². The number of benzene rings is 1. The van der Waals surface area contributed by atoms with Crippen molar-refractivity contribution in [3.8, 4) is 0 Å². The van der Waals surface area contributed by atoms with E-state index in [4.69, 9.17) is 0 Å². The molecule has 0 saturated heterocycles. The molecule has 0 aliphatic heterocycles. The molecule has 0 saturated carbocycles. The number of allylic oxidation sites excluding steroid dienone is 2. The lowest BCUT2D eigenvalue weighted by Gasteiger charge is -2.43. The van der Waals surface area contributed by atoms with Crippen LogP contribution in [0.3, 0.4) is 0 Å². The third kappa shape index (κ3) is 2.09. The molecule has 0 N–H and O–H groups in total. The highest BCUT2D eigenvalue weighted by Crippen LogP contribution is 2.68. The Labute approximate surface area is 120 Å². The third-order valence-corrected chi connectivity index (χ3v) is 8.61. The van der Waals surface area contributed by atoms with Gasteiger partial charge in [0.15, 0.2) is 0 Å². The third-order valence-electron chi connectivity index (χ3n) is 4.78. The van der Waals surface area contributed by atoms with Gasteiger partial charge in [-0.25, -0.2) is 0 Å². The van der Waals surface area contributed by atoms with Crippen molar-refractivity contribution in [2.24, 2.45) is 0 Å². The van der Waals surface area contributed by atoms with Crippen molar-refractivity contribution in [1.29, 1.82) is 0 Å². The second-order valence-corrected chi connectivity index (χ2v) is 10.2. The van der Waals surface area contributed by atoms with Crippen LogP contribution in [-0.2, 0) is 5.16 Å². The Morgan fingerprint density at radius 3 is 2.00 bits per heavy atom. The SMILES string of the molecule is CC1=C(C)[C@](C)(P(C(C)C)C(C)C)c2ccccc21. The highest BCUT2D eigenvalue weighted by Gasteiger charge is 2.45. The zero-order chi connectivity index (χ0) is 14.4. The zero-order valence-corrected chi connectivity index (χ0v) is 14.3. The smallest absolute Gasteiger partial charge is 0.0346 e. The van der Waals surface area contributed by atoms with E-state index in [1.54, 1.807) is 11.1 Å². The predicted octanol–water partition coefficient (Wildman–Crippen LogP) is 6.01. The first-order valence-corrected chi connectivity index (χ1v) is 8.86. The van der Waals surface area contributed by atoms with E-state index in [1.807, 2.05) is 0 Å². The maximum absolute atomic E-state index is 2.49. The molecule has 0 aromatic heterocycles. The Balaban J connectivity index is 2.66. The van der Waals surface area contributed by atoms with Gasteiger partial charge in [-0.05, 0) is 48.8 Å². The number of fused-ring (bicyclic) bond motifs is 1. The van der Waals surface area contributed by atoms with Crippen LogP contribution in [0.5, 0.6) is 0 Å². The fourth-order valence-electron chi connectivity index (χ4n) is 3.97. The van der Waals surface area contributed by atoms with Crippen LogP contribution in [0.1, 0.15) is 59.6 Å². The first-order chi connectivity index (χ1) is 8.81. The Kier molecular flexibility index (Phi) is 3.94. The molecule has 1 atom stereocenters. The fraction of sp³-hybridized carbons (Fsp3) is 0.556. The minimum atomic E-state index is -0.0723. The highest BCUT2D eigenvalue weighted by molar-refractivity contribution is 7.60. The van der Waals surface area contributed by atoms with Gasteiger partial charge in [0.1, 0.15) is 0 Å². The summed E-state index contributed by atoms with van der Waals surface area (Å²) in [4.78, 5) is 0. The van der Waals surface area contributed by atoms with Crippen molar-refractivity contribution in [2.45, 2.75) is 64.9 Å². The maximum Gasteiger partial charge on any atom is 0.0346 e. The van der Waals surface area contributed by atoms with E-state index < -0.39 is 0 Å². The van der Waals surface area contributed by atoms with E-state index in [0.29, 0.717) is 0 Å². The van der Waals surface area contributed by atoms with Crippen molar-refractivity contribution < 1.29 is 0 Å². The summed E-state index contributed by atoms with van der Waals surface area (Å²) in [7, 11) is -0.0723. The summed E-state index contributed by atoms with van der Waals surface area (Å²) in [6.07, 6.45) is 0. The molecule has 0 fully saturated rings. The van der Waals surface area contributed by atoms with Gasteiger partial charge in [-0.2, -0.15) is 0 Å².